The van der Waals surface area contributed by atoms with E-state index >= 15 is 0 Å². The average molecular weight is 766 g/mol. The summed E-state index contributed by atoms with van der Waals surface area (Å²) in [7, 11) is 4.42. The van der Waals surface area contributed by atoms with E-state index in [0.717, 1.165) is 38.2 Å². The Morgan fingerprint density at radius 2 is 1.39 bits per heavy atom. The maximum absolute atomic E-state index is 14.0. The lowest BCUT2D eigenvalue weighted by atomic mass is 9.87. The number of hydrogen-bond donors (Lipinski definition) is 5. The van der Waals surface area contributed by atoms with Gasteiger partial charge >= 0.3 is 5.97 Å². The van der Waals surface area contributed by atoms with Crippen molar-refractivity contribution in [2.45, 2.75) is 76.5 Å². The second-order valence-electron chi connectivity index (χ2n) is 13.9. The zero-order valence-electron chi connectivity index (χ0n) is 32.5. The molecule has 1 aliphatic rings. The van der Waals surface area contributed by atoms with Crippen LogP contribution in [0.3, 0.4) is 0 Å². The lowest BCUT2D eigenvalue weighted by molar-refractivity contribution is -0.145. The lowest BCUT2D eigenvalue weighted by Crippen LogP contribution is -2.57. The Labute approximate surface area is 326 Å². The summed E-state index contributed by atoms with van der Waals surface area (Å²) in [5, 5.41) is 14.6. The highest BCUT2D eigenvalue weighted by Crippen LogP contribution is 2.48. The molecular weight excluding hydrogens is 714 g/mol. The van der Waals surface area contributed by atoms with E-state index in [1.807, 2.05) is 60.7 Å². The van der Waals surface area contributed by atoms with Crippen LogP contribution in [0.5, 0.6) is 11.5 Å². The maximum atomic E-state index is 14.0. The topological polar surface area (TPSA) is 187 Å². The molecule has 6 N–H and O–H groups in total. The second-order valence-corrected chi connectivity index (χ2v) is 13.9. The van der Waals surface area contributed by atoms with Crippen molar-refractivity contribution in [2.24, 2.45) is 5.73 Å². The lowest BCUT2D eigenvalue weighted by Gasteiger charge is -2.25. The molecule has 0 saturated carbocycles. The van der Waals surface area contributed by atoms with E-state index in [2.05, 4.69) is 27.3 Å². The Morgan fingerprint density at radius 1 is 0.786 bits per heavy atom. The smallest absolute Gasteiger partial charge is 0.328 e. The minimum atomic E-state index is -1.11. The number of allylic oxidation sites excluding steroid dienone is 1. The highest BCUT2D eigenvalue weighted by atomic mass is 16.5. The van der Waals surface area contributed by atoms with Crippen LogP contribution in [0.4, 0.5) is 0 Å². The van der Waals surface area contributed by atoms with Crippen molar-refractivity contribution in [1.82, 2.24) is 21.3 Å². The minimum Gasteiger partial charge on any atom is -0.496 e. The molecule has 0 aliphatic carbocycles. The number of methoxy groups -OCH3 is 3. The van der Waals surface area contributed by atoms with Gasteiger partial charge in [0, 0.05) is 24.5 Å². The van der Waals surface area contributed by atoms with Crippen LogP contribution in [0, 0.1) is 0 Å². The number of nitrogens with two attached hydrogens (primary N) is 1. The van der Waals surface area contributed by atoms with E-state index < -0.39 is 53.8 Å². The number of unbranched alkanes of at least 4 members (excludes halogenated alkanes) is 1. The first-order chi connectivity index (χ1) is 27.0. The van der Waals surface area contributed by atoms with Crippen LogP contribution in [-0.4, -0.2) is 81.6 Å². The van der Waals surface area contributed by atoms with Crippen molar-refractivity contribution >= 4 is 51.1 Å². The highest BCUT2D eigenvalue weighted by Gasteiger charge is 2.31. The molecule has 1 aliphatic heterocycles. The van der Waals surface area contributed by atoms with Crippen molar-refractivity contribution < 1.29 is 38.2 Å². The summed E-state index contributed by atoms with van der Waals surface area (Å²) in [5.74, 6) is -1.83. The van der Waals surface area contributed by atoms with Crippen LogP contribution in [0.15, 0.2) is 72.8 Å². The highest BCUT2D eigenvalue weighted by molar-refractivity contribution is 6.11. The van der Waals surface area contributed by atoms with Crippen molar-refractivity contribution in [1.29, 1.82) is 0 Å². The van der Waals surface area contributed by atoms with E-state index in [-0.39, 0.29) is 19.3 Å². The third kappa shape index (κ3) is 9.46. The van der Waals surface area contributed by atoms with Crippen LogP contribution in [0.2, 0.25) is 0 Å². The predicted octanol–water partition coefficient (Wildman–Crippen LogP) is 4.00. The van der Waals surface area contributed by atoms with Gasteiger partial charge in [0.2, 0.25) is 23.6 Å². The number of fused-ring (bicyclic) bond motifs is 9. The molecule has 0 fully saturated rings. The van der Waals surface area contributed by atoms with Gasteiger partial charge < -0.3 is 41.2 Å². The first kappa shape index (κ1) is 41.2. The zero-order valence-corrected chi connectivity index (χ0v) is 32.5. The van der Waals surface area contributed by atoms with Crippen molar-refractivity contribution in [3.05, 3.63) is 83.9 Å². The number of rotatable bonds is 8. The molecular formula is C43H51N5O8. The predicted molar refractivity (Wildman–Crippen MR) is 215 cm³/mol. The normalized spacial score (nSPS) is 19.6. The zero-order chi connectivity index (χ0) is 40.4. The molecule has 1 heterocycles. The quantitative estimate of drug-likeness (QED) is 0.100. The molecule has 13 heteroatoms. The number of amides is 4. The third-order valence-electron chi connectivity index (χ3n) is 9.94. The van der Waals surface area contributed by atoms with E-state index in [9.17, 15) is 24.0 Å². The van der Waals surface area contributed by atoms with Gasteiger partial charge in [0.25, 0.3) is 0 Å². The molecule has 4 atom stereocenters. The fraction of sp³-hybridized carbons (Fsp3) is 0.372. The first-order valence-corrected chi connectivity index (χ1v) is 18.8. The second kappa shape index (κ2) is 19.1. The van der Waals surface area contributed by atoms with Crippen LogP contribution in [0.25, 0.3) is 32.7 Å². The van der Waals surface area contributed by atoms with Gasteiger partial charge in [-0.3, -0.25) is 19.2 Å². The number of nitrogens with one attached hydrogen (secondary N) is 4. The van der Waals surface area contributed by atoms with Gasteiger partial charge in [0.15, 0.2) is 0 Å². The van der Waals surface area contributed by atoms with Gasteiger partial charge in [-0.15, -0.1) is 0 Å². The summed E-state index contributed by atoms with van der Waals surface area (Å²) in [6.45, 7) is 3.19. The number of carbonyl (C=O) groups excluding carboxylic acids is 5. The molecule has 4 aromatic rings. The van der Waals surface area contributed by atoms with Gasteiger partial charge in [-0.05, 0) is 90.4 Å². The fourth-order valence-electron chi connectivity index (χ4n) is 7.22. The molecule has 0 spiro atoms. The van der Waals surface area contributed by atoms with Gasteiger partial charge in [-0.1, -0.05) is 60.7 Å². The molecule has 13 nitrogen and oxygen atoms in total. The number of benzene rings is 4. The van der Waals surface area contributed by atoms with Crippen molar-refractivity contribution in [3.8, 4) is 22.6 Å². The molecule has 56 heavy (non-hydrogen) atoms. The summed E-state index contributed by atoms with van der Waals surface area (Å²) in [6.07, 6.45) is 5.61. The third-order valence-corrected chi connectivity index (χ3v) is 9.94. The summed E-state index contributed by atoms with van der Waals surface area (Å²) in [4.78, 5) is 66.7. The number of esters is 1. The largest absolute Gasteiger partial charge is 0.496 e. The molecule has 296 valence electrons. The number of ether oxygens (including phenoxy) is 3. The van der Waals surface area contributed by atoms with Crippen LogP contribution in [0.1, 0.15) is 50.7 Å². The standard InChI is InChI=1S/C43H51N5O8/c1-25-40(50)47-33(19-12-13-21-44)41(51)48-34(43(53)56-5)20-11-8-16-29-22-27-14-6-9-17-31(27)36(38(29)54-3)37-32-18-10-7-15-28(32)23-30(39(37)55-4)24-35(42(52)45-25)46-26(2)49/h6-11,14-15,17-18,22-23,25,33-35H,12-13,16,19-21,24,44H2,1-5H3,(H,45,52)(H,46,49)(H,47,50)(H,48,51)/t25-,33-,34?,35?/m0/s1. The van der Waals surface area contributed by atoms with Gasteiger partial charge in [0.05, 0.1) is 21.3 Å². The Kier molecular flexibility index (Phi) is 14.0. The van der Waals surface area contributed by atoms with Crippen molar-refractivity contribution in [2.75, 3.05) is 27.9 Å². The molecule has 4 amide bonds. The van der Waals surface area contributed by atoms with Gasteiger partial charge in [-0.2, -0.15) is 0 Å². The van der Waals surface area contributed by atoms with Crippen LogP contribution >= 0.6 is 0 Å². The van der Waals surface area contributed by atoms with E-state index in [1.165, 1.54) is 21.0 Å². The summed E-state index contributed by atoms with van der Waals surface area (Å²) in [6, 6.07) is 15.5. The molecule has 0 aromatic heterocycles. The number of hydrogen-bond acceptors (Lipinski definition) is 9. The van der Waals surface area contributed by atoms with Gasteiger partial charge in [0.1, 0.15) is 35.7 Å². The molecule has 0 saturated heterocycles. The van der Waals surface area contributed by atoms with E-state index in [4.69, 9.17) is 19.9 Å². The Morgan fingerprint density at radius 3 is 1.98 bits per heavy atom. The molecule has 2 unspecified atom stereocenters. The Balaban J connectivity index is 1.73. The van der Waals surface area contributed by atoms with Crippen LogP contribution in [-0.2, 0) is 41.6 Å². The summed E-state index contributed by atoms with van der Waals surface area (Å²) in [5.41, 5.74) is 8.72. The Bertz CT molecular complexity index is 2130. The van der Waals surface area contributed by atoms with E-state index in [1.54, 1.807) is 20.3 Å². The number of carbonyl (C=O) groups is 5. The molecule has 4 bridgehead atoms. The Hall–Kier alpha value is -5.95. The SMILES string of the molecule is COC(=O)C1CC=CCc2cc3ccccc3c(c2OC)-c2c(OC)c(cc3ccccc23)CC(NC(C)=O)C(=O)N[C@@H](C)C(=O)N[C@@H](CCCCN)C(=O)N1. The summed E-state index contributed by atoms with van der Waals surface area (Å²) >= 11 is 0. The first-order valence-electron chi connectivity index (χ1n) is 18.8. The molecule has 4 aromatic carbocycles. The average Bonchev–Trinajstić information content (AvgIpc) is 3.19. The monoisotopic (exact) mass is 765 g/mol. The maximum Gasteiger partial charge on any atom is 0.328 e. The van der Waals surface area contributed by atoms with Crippen LogP contribution < -0.4 is 36.5 Å². The van der Waals surface area contributed by atoms with Crippen molar-refractivity contribution in [3.63, 3.8) is 0 Å². The minimum absolute atomic E-state index is 0.0163. The molecule has 5 rings (SSSR count). The van der Waals surface area contributed by atoms with E-state index in [0.29, 0.717) is 42.9 Å². The van der Waals surface area contributed by atoms with Gasteiger partial charge in [-0.25, -0.2) is 4.79 Å². The summed E-state index contributed by atoms with van der Waals surface area (Å²) < 4.78 is 17.5. The molecule has 0 radical (unpaired) electrons. The fourth-order valence-corrected chi connectivity index (χ4v) is 7.22.